The van der Waals surface area contributed by atoms with Crippen molar-refractivity contribution >= 4 is 5.91 Å². The molecule has 1 amide bonds. The van der Waals surface area contributed by atoms with Gasteiger partial charge in [-0.1, -0.05) is 6.92 Å². The average molecular weight is 302 g/mol. The zero-order valence-corrected chi connectivity index (χ0v) is 12.6. The minimum Gasteiger partial charge on any atom is -0.366 e. The van der Waals surface area contributed by atoms with Gasteiger partial charge in [0.15, 0.2) is 5.82 Å². The van der Waals surface area contributed by atoms with Crippen LogP contribution >= 0.6 is 0 Å². The lowest BCUT2D eigenvalue weighted by atomic mass is 10.2. The molecule has 0 saturated carbocycles. The molecule has 1 aliphatic rings. The molecule has 3 rings (SSSR count). The van der Waals surface area contributed by atoms with Gasteiger partial charge in [-0.05, 0) is 13.0 Å². The van der Waals surface area contributed by atoms with Gasteiger partial charge in [0, 0.05) is 19.2 Å². The third-order valence-electron chi connectivity index (χ3n) is 3.52. The van der Waals surface area contributed by atoms with Gasteiger partial charge in [-0.2, -0.15) is 5.10 Å². The number of carbonyl (C=O) groups excluding carboxylic acids is 1. The molecule has 1 saturated heterocycles. The van der Waals surface area contributed by atoms with Crippen LogP contribution in [0.5, 0.6) is 0 Å². The molecule has 2 aromatic rings. The Kier molecular flexibility index (Phi) is 4.10. The molecule has 1 N–H and O–H groups in total. The normalized spacial score (nSPS) is 18.5. The maximum absolute atomic E-state index is 12.5. The van der Waals surface area contributed by atoms with Crippen LogP contribution in [0.1, 0.15) is 41.0 Å². The molecule has 0 aromatic carbocycles. The van der Waals surface area contributed by atoms with Crippen LogP contribution in [0.25, 0.3) is 0 Å². The Bertz CT molecular complexity index is 671. The standard InChI is InChI=1S/C14H18N6O2/c1-3-12-17-13(19-18-12)11-8-20(6-7-22-11)14(21)10-4-5-15-9(2)16-10/h4-5,11H,3,6-8H2,1-2H3,(H,17,18,19)/t11-/m1/s1. The Morgan fingerprint density at radius 1 is 1.50 bits per heavy atom. The van der Waals surface area contributed by atoms with Crippen molar-refractivity contribution in [2.75, 3.05) is 19.7 Å². The fourth-order valence-corrected chi connectivity index (χ4v) is 2.34. The van der Waals surface area contributed by atoms with Crippen molar-refractivity contribution in [1.29, 1.82) is 0 Å². The smallest absolute Gasteiger partial charge is 0.272 e. The van der Waals surface area contributed by atoms with Crippen molar-refractivity contribution in [3.05, 3.63) is 35.4 Å². The van der Waals surface area contributed by atoms with E-state index >= 15 is 0 Å². The van der Waals surface area contributed by atoms with E-state index in [-0.39, 0.29) is 12.0 Å². The highest BCUT2D eigenvalue weighted by atomic mass is 16.5. The molecule has 2 aromatic heterocycles. The fourth-order valence-electron chi connectivity index (χ4n) is 2.34. The number of carbonyl (C=O) groups is 1. The van der Waals surface area contributed by atoms with E-state index in [2.05, 4.69) is 25.1 Å². The number of hydrogen-bond acceptors (Lipinski definition) is 6. The second-order valence-corrected chi connectivity index (χ2v) is 5.09. The summed E-state index contributed by atoms with van der Waals surface area (Å²) in [6.45, 7) is 5.17. The van der Waals surface area contributed by atoms with Gasteiger partial charge < -0.3 is 9.64 Å². The summed E-state index contributed by atoms with van der Waals surface area (Å²) in [5.74, 6) is 1.86. The maximum Gasteiger partial charge on any atom is 0.272 e. The number of nitrogens with zero attached hydrogens (tertiary/aromatic N) is 5. The minimum absolute atomic E-state index is 0.120. The predicted octanol–water partition coefficient (Wildman–Crippen LogP) is 0.679. The number of aromatic nitrogens is 5. The van der Waals surface area contributed by atoms with Gasteiger partial charge in [0.2, 0.25) is 0 Å². The van der Waals surface area contributed by atoms with Crippen LogP contribution in [0, 0.1) is 6.92 Å². The van der Waals surface area contributed by atoms with Gasteiger partial charge in [0.05, 0.1) is 13.2 Å². The van der Waals surface area contributed by atoms with Gasteiger partial charge >= 0.3 is 0 Å². The molecule has 1 atom stereocenters. The van der Waals surface area contributed by atoms with E-state index in [0.717, 1.165) is 12.2 Å². The van der Waals surface area contributed by atoms with E-state index in [9.17, 15) is 4.79 Å². The average Bonchev–Trinajstić information content (AvgIpc) is 3.03. The zero-order valence-electron chi connectivity index (χ0n) is 12.6. The number of H-pyrrole nitrogens is 1. The molecular formula is C14H18N6O2. The Morgan fingerprint density at radius 2 is 2.36 bits per heavy atom. The van der Waals surface area contributed by atoms with Gasteiger partial charge in [0.25, 0.3) is 5.91 Å². The first-order valence-corrected chi connectivity index (χ1v) is 7.29. The van der Waals surface area contributed by atoms with E-state index in [1.54, 1.807) is 24.1 Å². The first-order chi connectivity index (χ1) is 10.7. The number of hydrogen-bond donors (Lipinski definition) is 1. The number of morpholine rings is 1. The lowest BCUT2D eigenvalue weighted by Crippen LogP contribution is -2.42. The Morgan fingerprint density at radius 3 is 3.09 bits per heavy atom. The van der Waals surface area contributed by atoms with Crippen LogP contribution in [-0.4, -0.2) is 55.7 Å². The van der Waals surface area contributed by atoms with Crippen molar-refractivity contribution in [3.8, 4) is 0 Å². The number of aryl methyl sites for hydroxylation is 2. The molecule has 1 fully saturated rings. The monoisotopic (exact) mass is 302 g/mol. The summed E-state index contributed by atoms with van der Waals surface area (Å²) < 4.78 is 5.69. The van der Waals surface area contributed by atoms with Crippen molar-refractivity contribution < 1.29 is 9.53 Å². The molecule has 0 unspecified atom stereocenters. The third-order valence-corrected chi connectivity index (χ3v) is 3.52. The topological polar surface area (TPSA) is 96.9 Å². The first kappa shape index (κ1) is 14.6. The quantitative estimate of drug-likeness (QED) is 0.895. The molecule has 0 aliphatic carbocycles. The van der Waals surface area contributed by atoms with Crippen molar-refractivity contribution in [2.24, 2.45) is 0 Å². The summed E-state index contributed by atoms with van der Waals surface area (Å²) in [6.07, 6.45) is 2.07. The number of nitrogens with one attached hydrogen (secondary N) is 1. The highest BCUT2D eigenvalue weighted by Crippen LogP contribution is 2.20. The fraction of sp³-hybridized carbons (Fsp3) is 0.500. The van der Waals surface area contributed by atoms with Crippen molar-refractivity contribution in [3.63, 3.8) is 0 Å². The van der Waals surface area contributed by atoms with Crippen LogP contribution in [-0.2, 0) is 11.2 Å². The van der Waals surface area contributed by atoms with Gasteiger partial charge in [0.1, 0.15) is 23.4 Å². The van der Waals surface area contributed by atoms with Gasteiger partial charge in [-0.25, -0.2) is 15.0 Å². The van der Waals surface area contributed by atoms with Crippen LogP contribution < -0.4 is 0 Å². The second kappa shape index (κ2) is 6.18. The molecule has 116 valence electrons. The molecule has 8 nitrogen and oxygen atoms in total. The summed E-state index contributed by atoms with van der Waals surface area (Å²) in [5, 5.41) is 7.04. The van der Waals surface area contributed by atoms with Crippen molar-refractivity contribution in [1.82, 2.24) is 30.0 Å². The first-order valence-electron chi connectivity index (χ1n) is 7.29. The SMILES string of the molecule is CCc1nc([C@H]2CN(C(=O)c3ccnc(C)n3)CCO2)n[nH]1. The van der Waals surface area contributed by atoms with E-state index in [1.165, 1.54) is 0 Å². The van der Waals surface area contributed by atoms with Gasteiger partial charge in [-0.3, -0.25) is 9.89 Å². The highest BCUT2D eigenvalue weighted by molar-refractivity contribution is 5.92. The molecule has 0 radical (unpaired) electrons. The number of ether oxygens (including phenoxy) is 1. The molecule has 0 bridgehead atoms. The van der Waals surface area contributed by atoms with E-state index in [4.69, 9.17) is 4.74 Å². The molecule has 22 heavy (non-hydrogen) atoms. The largest absolute Gasteiger partial charge is 0.366 e. The number of aromatic amines is 1. The molecular weight excluding hydrogens is 284 g/mol. The number of rotatable bonds is 3. The zero-order chi connectivity index (χ0) is 15.5. The van der Waals surface area contributed by atoms with E-state index in [1.807, 2.05) is 6.92 Å². The van der Waals surface area contributed by atoms with Crippen LogP contribution in [0.15, 0.2) is 12.3 Å². The maximum atomic E-state index is 12.5. The summed E-state index contributed by atoms with van der Waals surface area (Å²) in [5.41, 5.74) is 0.400. The third kappa shape index (κ3) is 2.96. The predicted molar refractivity (Wildman–Crippen MR) is 77.1 cm³/mol. The summed E-state index contributed by atoms with van der Waals surface area (Å²) >= 11 is 0. The van der Waals surface area contributed by atoms with E-state index < -0.39 is 0 Å². The molecule has 3 heterocycles. The Balaban J connectivity index is 1.73. The lowest BCUT2D eigenvalue weighted by molar-refractivity contribution is -0.0268. The van der Waals surface area contributed by atoms with E-state index in [0.29, 0.717) is 37.0 Å². The van der Waals surface area contributed by atoms with Crippen LogP contribution in [0.4, 0.5) is 0 Å². The molecule has 1 aliphatic heterocycles. The lowest BCUT2D eigenvalue weighted by Gasteiger charge is -2.31. The summed E-state index contributed by atoms with van der Waals surface area (Å²) in [6, 6.07) is 1.63. The van der Waals surface area contributed by atoms with Crippen LogP contribution in [0.2, 0.25) is 0 Å². The number of amides is 1. The Labute approximate surface area is 127 Å². The molecule has 0 spiro atoms. The highest BCUT2D eigenvalue weighted by Gasteiger charge is 2.29. The van der Waals surface area contributed by atoms with Gasteiger partial charge in [-0.15, -0.1) is 0 Å². The minimum atomic E-state index is -0.308. The summed E-state index contributed by atoms with van der Waals surface area (Å²) in [7, 11) is 0. The van der Waals surface area contributed by atoms with Crippen LogP contribution in [0.3, 0.4) is 0 Å². The van der Waals surface area contributed by atoms with Crippen molar-refractivity contribution in [2.45, 2.75) is 26.4 Å². The summed E-state index contributed by atoms with van der Waals surface area (Å²) in [4.78, 5) is 26.8. The second-order valence-electron chi connectivity index (χ2n) is 5.09. The molecule has 8 heteroatoms. The Hall–Kier alpha value is -2.35.